The van der Waals surface area contributed by atoms with Gasteiger partial charge in [-0.3, -0.25) is 5.41 Å². The molecule has 0 radical (unpaired) electrons. The fourth-order valence-electron chi connectivity index (χ4n) is 4.83. The Bertz CT molecular complexity index is 1450. The van der Waals surface area contributed by atoms with E-state index in [-0.39, 0.29) is 11.2 Å². The van der Waals surface area contributed by atoms with E-state index in [0.717, 1.165) is 23.3 Å². The van der Waals surface area contributed by atoms with Gasteiger partial charge in [-0.1, -0.05) is 30.3 Å². The third kappa shape index (κ3) is 2.83. The molecule has 7 nitrogen and oxygen atoms in total. The van der Waals surface area contributed by atoms with Crippen LogP contribution in [0.25, 0.3) is 16.8 Å². The molecule has 2 N–H and O–H groups in total. The molecule has 0 saturated carbocycles. The number of ether oxygens (including phenoxy) is 1. The predicted molar refractivity (Wildman–Crippen MR) is 123 cm³/mol. The second-order valence-electron chi connectivity index (χ2n) is 8.08. The van der Waals surface area contributed by atoms with Crippen molar-refractivity contribution in [3.05, 3.63) is 82.5 Å². The molecule has 0 saturated heterocycles. The van der Waals surface area contributed by atoms with E-state index < -0.39 is 5.41 Å². The average molecular weight is 432 g/mol. The number of aromatic nitrogens is 2. The van der Waals surface area contributed by atoms with Crippen LogP contribution in [0.4, 0.5) is 0 Å². The number of benzene rings is 2. The lowest BCUT2D eigenvalue weighted by Crippen LogP contribution is -2.42. The van der Waals surface area contributed by atoms with Gasteiger partial charge in [0.1, 0.15) is 5.75 Å². The van der Waals surface area contributed by atoms with Gasteiger partial charge in [0.2, 0.25) is 5.41 Å². The largest absolute Gasteiger partial charge is 0.497 e. The summed E-state index contributed by atoms with van der Waals surface area (Å²) in [5.41, 5.74) is 2.60. The normalized spacial score (nSPS) is 15.9. The van der Waals surface area contributed by atoms with Gasteiger partial charge in [-0.2, -0.15) is 15.6 Å². The first-order valence-electron chi connectivity index (χ1n) is 10.6. The number of nitriles is 2. The molecule has 0 atom stereocenters. The summed E-state index contributed by atoms with van der Waals surface area (Å²) in [5, 5.41) is 43.3. The van der Waals surface area contributed by atoms with E-state index in [1.165, 1.54) is 4.68 Å². The van der Waals surface area contributed by atoms with Crippen LogP contribution in [-0.4, -0.2) is 22.6 Å². The molecule has 5 rings (SSSR count). The zero-order valence-corrected chi connectivity index (χ0v) is 18.0. The van der Waals surface area contributed by atoms with Gasteiger partial charge in [-0.05, 0) is 54.7 Å². The van der Waals surface area contributed by atoms with Gasteiger partial charge in [0.05, 0.1) is 41.9 Å². The van der Waals surface area contributed by atoms with Crippen molar-refractivity contribution in [3.8, 4) is 23.6 Å². The Kier molecular flexibility index (Phi) is 4.69. The lowest BCUT2D eigenvalue weighted by Gasteiger charge is -2.36. The summed E-state index contributed by atoms with van der Waals surface area (Å²) >= 11 is 0. The smallest absolute Gasteiger partial charge is 0.211 e. The summed E-state index contributed by atoms with van der Waals surface area (Å²) < 4.78 is 6.77. The van der Waals surface area contributed by atoms with Crippen LogP contribution in [0, 0.1) is 38.9 Å². The third-order valence-electron chi connectivity index (χ3n) is 6.37. The quantitative estimate of drug-likeness (QED) is 0.649. The molecule has 0 spiro atoms. The molecule has 2 aromatic carbocycles. The van der Waals surface area contributed by atoms with Crippen molar-refractivity contribution in [3.63, 3.8) is 0 Å². The molecular weight excluding hydrogens is 412 g/mol. The highest BCUT2D eigenvalue weighted by atomic mass is 16.5. The van der Waals surface area contributed by atoms with Crippen LogP contribution in [0.3, 0.4) is 0 Å². The van der Waals surface area contributed by atoms with E-state index in [0.29, 0.717) is 41.0 Å². The number of hydrogen-bond acceptors (Lipinski definition) is 6. The van der Waals surface area contributed by atoms with Crippen molar-refractivity contribution in [2.75, 3.05) is 7.11 Å². The third-order valence-corrected chi connectivity index (χ3v) is 6.37. The van der Waals surface area contributed by atoms with Crippen LogP contribution in [-0.2, 0) is 6.42 Å². The Morgan fingerprint density at radius 1 is 0.970 bits per heavy atom. The second kappa shape index (κ2) is 7.58. The molecule has 1 aromatic heterocycles. The number of hydrogen-bond donors (Lipinski definition) is 2. The summed E-state index contributed by atoms with van der Waals surface area (Å²) in [6, 6.07) is 20.8. The molecule has 160 valence electrons. The van der Waals surface area contributed by atoms with E-state index >= 15 is 0 Å². The van der Waals surface area contributed by atoms with E-state index in [1.54, 1.807) is 19.2 Å². The Labute approximate surface area is 190 Å². The topological polar surface area (TPSA) is 122 Å². The van der Waals surface area contributed by atoms with Gasteiger partial charge in [0.15, 0.2) is 5.49 Å². The minimum Gasteiger partial charge on any atom is -0.497 e. The molecule has 1 heterocycles. The molecule has 0 unspecified atom stereocenters. The van der Waals surface area contributed by atoms with Crippen LogP contribution in [0.5, 0.6) is 5.75 Å². The van der Waals surface area contributed by atoms with Crippen LogP contribution >= 0.6 is 0 Å². The highest BCUT2D eigenvalue weighted by Crippen LogP contribution is 2.50. The summed E-state index contributed by atoms with van der Waals surface area (Å²) in [7, 11) is 1.58. The number of allylic oxidation sites excluding steroid dienone is 2. The zero-order valence-electron chi connectivity index (χ0n) is 18.0. The Morgan fingerprint density at radius 2 is 1.67 bits per heavy atom. The first kappa shape index (κ1) is 20.4. The van der Waals surface area contributed by atoms with E-state index in [2.05, 4.69) is 12.1 Å². The van der Waals surface area contributed by atoms with Crippen LogP contribution < -0.4 is 10.2 Å². The number of methoxy groups -OCH3 is 1. The molecule has 33 heavy (non-hydrogen) atoms. The van der Waals surface area contributed by atoms with Crippen molar-refractivity contribution in [2.45, 2.75) is 19.3 Å². The summed E-state index contributed by atoms with van der Waals surface area (Å²) in [5.74, 6) is 0.665. The zero-order chi connectivity index (χ0) is 23.2. The lowest BCUT2D eigenvalue weighted by molar-refractivity contribution is 0.415. The fraction of sp³-hybridized carbons (Fsp3) is 0.192. The molecule has 0 aliphatic heterocycles. The van der Waals surface area contributed by atoms with Crippen molar-refractivity contribution in [1.29, 1.82) is 21.3 Å². The highest BCUT2D eigenvalue weighted by Gasteiger charge is 2.49. The molecular formula is C26H20N6O. The summed E-state index contributed by atoms with van der Waals surface area (Å²) in [6.07, 6.45) is 2.16. The molecule has 0 bridgehead atoms. The Morgan fingerprint density at radius 3 is 2.30 bits per heavy atom. The molecule has 7 heteroatoms. The fourth-order valence-corrected chi connectivity index (χ4v) is 4.83. The monoisotopic (exact) mass is 432 g/mol. The maximum absolute atomic E-state index is 10.3. The van der Waals surface area contributed by atoms with Crippen LogP contribution in [0.15, 0.2) is 54.6 Å². The number of rotatable bonds is 3. The van der Waals surface area contributed by atoms with Crippen LogP contribution in [0.2, 0.25) is 0 Å². The first-order chi connectivity index (χ1) is 16.1. The second-order valence-corrected chi connectivity index (χ2v) is 8.08. The number of nitrogens with one attached hydrogen (secondary N) is 2. The summed E-state index contributed by atoms with van der Waals surface area (Å²) in [6.45, 7) is 0. The summed E-state index contributed by atoms with van der Waals surface area (Å²) in [4.78, 5) is 0. The number of aryl methyl sites for hydroxylation is 1. The highest BCUT2D eigenvalue weighted by molar-refractivity contribution is 6.23. The minimum atomic E-state index is -1.82. The molecule has 0 fully saturated rings. The standard InChI is InChI=1S/C26H20N6O/c1-33-18-12-10-16(11-13-18)23-19-8-5-9-20-21(19)22(24(29)26(23,14-27)15-28)25(30)32(31-20)17-6-3-2-4-7-17/h2-4,6-7,10-13,29-30H,5,8-9H2,1H3. The van der Waals surface area contributed by atoms with E-state index in [9.17, 15) is 10.5 Å². The average Bonchev–Trinajstić information content (AvgIpc) is 2.87. The number of nitrogens with zero attached hydrogens (tertiary/aromatic N) is 4. The van der Waals surface area contributed by atoms with Gasteiger partial charge in [-0.15, -0.1) is 0 Å². The maximum Gasteiger partial charge on any atom is 0.211 e. The van der Waals surface area contributed by atoms with Gasteiger partial charge in [0.25, 0.3) is 0 Å². The van der Waals surface area contributed by atoms with Gasteiger partial charge < -0.3 is 10.1 Å². The SMILES string of the molecule is COc1ccc(C2=C3CCCc4nn(-c5ccccc5)c(=N)c(c43)C(=N)C2(C#N)C#N)cc1. The van der Waals surface area contributed by atoms with Crippen molar-refractivity contribution in [2.24, 2.45) is 5.41 Å². The van der Waals surface area contributed by atoms with Gasteiger partial charge >= 0.3 is 0 Å². The van der Waals surface area contributed by atoms with Crippen molar-refractivity contribution >= 4 is 16.9 Å². The molecule has 2 aliphatic carbocycles. The van der Waals surface area contributed by atoms with Gasteiger partial charge in [0, 0.05) is 11.1 Å². The molecule has 3 aromatic rings. The van der Waals surface area contributed by atoms with E-state index in [1.807, 2.05) is 42.5 Å². The first-order valence-corrected chi connectivity index (χ1v) is 10.6. The van der Waals surface area contributed by atoms with Crippen molar-refractivity contribution in [1.82, 2.24) is 9.78 Å². The Balaban J connectivity index is 1.89. The Hall–Kier alpha value is -4.49. The molecule has 0 amide bonds. The lowest BCUT2D eigenvalue weighted by atomic mass is 9.64. The maximum atomic E-state index is 10.3. The number of para-hydroxylation sites is 1. The predicted octanol–water partition coefficient (Wildman–Crippen LogP) is 4.02. The van der Waals surface area contributed by atoms with E-state index in [4.69, 9.17) is 20.7 Å². The van der Waals surface area contributed by atoms with Crippen molar-refractivity contribution < 1.29 is 4.74 Å². The van der Waals surface area contributed by atoms with Gasteiger partial charge in [-0.25, -0.2) is 4.68 Å². The molecule has 2 aliphatic rings. The van der Waals surface area contributed by atoms with Crippen LogP contribution in [0.1, 0.15) is 35.2 Å². The minimum absolute atomic E-state index is 0.00741.